The molecule has 148 valence electrons. The second kappa shape index (κ2) is 9.32. The number of anilines is 1. The molecule has 3 aromatic carbocycles. The van der Waals surface area contributed by atoms with E-state index in [4.69, 9.17) is 38.4 Å². The van der Waals surface area contributed by atoms with E-state index >= 15 is 0 Å². The van der Waals surface area contributed by atoms with Gasteiger partial charge in [-0.2, -0.15) is 0 Å². The molecule has 0 saturated heterocycles. The number of carbonyl (C=O) groups is 2. The van der Waals surface area contributed by atoms with Crippen LogP contribution in [0.3, 0.4) is 0 Å². The number of benzene rings is 3. The standard InChI is InChI=1S/C21H16Cl2N2O4/c22-13-5-10-18(16(11-13)21(24)27)28-12-20(26)25-14-6-8-15(9-7-14)29-19-4-2-1-3-17(19)23/h1-11H,12H2,(H2,24,27)(H,25,26). The van der Waals surface area contributed by atoms with E-state index in [-0.39, 0.29) is 17.9 Å². The first kappa shape index (κ1) is 20.5. The molecular formula is C21H16Cl2N2O4. The summed E-state index contributed by atoms with van der Waals surface area (Å²) in [6.45, 7) is -0.306. The normalized spacial score (nSPS) is 10.3. The van der Waals surface area contributed by atoms with E-state index < -0.39 is 11.8 Å². The molecule has 0 unspecified atom stereocenters. The minimum Gasteiger partial charge on any atom is -0.483 e. The van der Waals surface area contributed by atoms with Crippen molar-refractivity contribution < 1.29 is 19.1 Å². The number of carbonyl (C=O) groups excluding carboxylic acids is 2. The van der Waals surface area contributed by atoms with E-state index in [1.165, 1.54) is 12.1 Å². The number of para-hydroxylation sites is 1. The quantitative estimate of drug-likeness (QED) is 0.557. The van der Waals surface area contributed by atoms with Gasteiger partial charge in [0.15, 0.2) is 6.61 Å². The Hall–Kier alpha value is -3.22. The summed E-state index contributed by atoms with van der Waals surface area (Å²) in [5.41, 5.74) is 5.95. The Morgan fingerprint density at radius 1 is 0.931 bits per heavy atom. The summed E-state index contributed by atoms with van der Waals surface area (Å²) in [6, 6.07) is 18.3. The highest BCUT2D eigenvalue weighted by atomic mass is 35.5. The molecule has 0 bridgehead atoms. The van der Waals surface area contributed by atoms with E-state index in [0.717, 1.165) is 0 Å². The van der Waals surface area contributed by atoms with Crippen molar-refractivity contribution in [3.8, 4) is 17.2 Å². The van der Waals surface area contributed by atoms with Crippen LogP contribution in [0.2, 0.25) is 10.0 Å². The van der Waals surface area contributed by atoms with Gasteiger partial charge in [0.25, 0.3) is 11.8 Å². The number of primary amides is 1. The average molecular weight is 431 g/mol. The molecule has 0 radical (unpaired) electrons. The smallest absolute Gasteiger partial charge is 0.262 e. The van der Waals surface area contributed by atoms with Gasteiger partial charge in [0.05, 0.1) is 10.6 Å². The summed E-state index contributed by atoms with van der Waals surface area (Å²) in [7, 11) is 0. The minimum absolute atomic E-state index is 0.103. The Labute approximate surface area is 177 Å². The van der Waals surface area contributed by atoms with Crippen molar-refractivity contribution in [1.29, 1.82) is 0 Å². The summed E-state index contributed by atoms with van der Waals surface area (Å²) in [5, 5.41) is 3.53. The van der Waals surface area contributed by atoms with Gasteiger partial charge in [-0.15, -0.1) is 0 Å². The lowest BCUT2D eigenvalue weighted by atomic mass is 10.2. The first-order chi connectivity index (χ1) is 13.9. The number of amides is 2. The lowest BCUT2D eigenvalue weighted by Gasteiger charge is -2.11. The zero-order valence-electron chi connectivity index (χ0n) is 15.0. The summed E-state index contributed by atoms with van der Waals surface area (Å²) in [6.07, 6.45) is 0. The molecule has 3 rings (SSSR count). The summed E-state index contributed by atoms with van der Waals surface area (Å²) >= 11 is 11.9. The van der Waals surface area contributed by atoms with Gasteiger partial charge in [-0.25, -0.2) is 0 Å². The van der Waals surface area contributed by atoms with Crippen LogP contribution in [0.1, 0.15) is 10.4 Å². The maximum atomic E-state index is 12.1. The monoisotopic (exact) mass is 430 g/mol. The summed E-state index contributed by atoms with van der Waals surface area (Å²) < 4.78 is 11.1. The molecule has 3 N–H and O–H groups in total. The fourth-order valence-electron chi connectivity index (χ4n) is 2.42. The Morgan fingerprint density at radius 3 is 2.34 bits per heavy atom. The van der Waals surface area contributed by atoms with Gasteiger partial charge in [-0.3, -0.25) is 9.59 Å². The molecule has 0 saturated carbocycles. The number of nitrogens with two attached hydrogens (primary N) is 1. The Balaban J connectivity index is 1.57. The van der Waals surface area contributed by atoms with Crippen molar-refractivity contribution >= 4 is 40.7 Å². The van der Waals surface area contributed by atoms with Gasteiger partial charge in [0.1, 0.15) is 17.2 Å². The van der Waals surface area contributed by atoms with E-state index in [1.807, 2.05) is 12.1 Å². The molecule has 6 nitrogen and oxygen atoms in total. The SMILES string of the molecule is NC(=O)c1cc(Cl)ccc1OCC(=O)Nc1ccc(Oc2ccccc2Cl)cc1. The van der Waals surface area contributed by atoms with Gasteiger partial charge in [0.2, 0.25) is 0 Å². The summed E-state index contributed by atoms with van der Waals surface area (Å²) in [4.78, 5) is 23.6. The van der Waals surface area contributed by atoms with Crippen LogP contribution in [-0.2, 0) is 4.79 Å². The number of rotatable bonds is 7. The van der Waals surface area contributed by atoms with Crippen molar-refractivity contribution in [2.75, 3.05) is 11.9 Å². The summed E-state index contributed by atoms with van der Waals surface area (Å²) in [5.74, 6) is 0.180. The van der Waals surface area contributed by atoms with E-state index in [1.54, 1.807) is 42.5 Å². The lowest BCUT2D eigenvalue weighted by Crippen LogP contribution is -2.21. The van der Waals surface area contributed by atoms with Crippen LogP contribution in [0.5, 0.6) is 17.2 Å². The van der Waals surface area contributed by atoms with Gasteiger partial charge >= 0.3 is 0 Å². The first-order valence-electron chi connectivity index (χ1n) is 8.47. The predicted molar refractivity (Wildman–Crippen MR) is 112 cm³/mol. The molecule has 8 heteroatoms. The van der Waals surface area contributed by atoms with Gasteiger partial charge in [-0.1, -0.05) is 35.3 Å². The first-order valence-corrected chi connectivity index (χ1v) is 9.22. The van der Waals surface area contributed by atoms with Crippen LogP contribution < -0.4 is 20.5 Å². The van der Waals surface area contributed by atoms with E-state index in [0.29, 0.717) is 27.2 Å². The van der Waals surface area contributed by atoms with Crippen LogP contribution in [0.25, 0.3) is 0 Å². The minimum atomic E-state index is -0.697. The Kier molecular flexibility index (Phi) is 6.59. The largest absolute Gasteiger partial charge is 0.483 e. The highest BCUT2D eigenvalue weighted by molar-refractivity contribution is 6.32. The fourth-order valence-corrected chi connectivity index (χ4v) is 2.77. The molecule has 0 spiro atoms. The maximum absolute atomic E-state index is 12.1. The second-order valence-electron chi connectivity index (χ2n) is 5.90. The topological polar surface area (TPSA) is 90.7 Å². The van der Waals surface area contributed by atoms with Crippen LogP contribution >= 0.6 is 23.2 Å². The molecule has 0 aromatic heterocycles. The van der Waals surface area contributed by atoms with E-state index in [2.05, 4.69) is 5.32 Å². The average Bonchev–Trinajstić information content (AvgIpc) is 2.70. The number of ether oxygens (including phenoxy) is 2. The van der Waals surface area contributed by atoms with Crippen LogP contribution in [-0.4, -0.2) is 18.4 Å². The zero-order valence-corrected chi connectivity index (χ0v) is 16.5. The molecule has 2 amide bonds. The Bertz CT molecular complexity index is 1040. The Morgan fingerprint density at radius 2 is 1.66 bits per heavy atom. The van der Waals surface area contributed by atoms with Crippen molar-refractivity contribution in [3.05, 3.63) is 82.3 Å². The third kappa shape index (κ3) is 5.63. The van der Waals surface area contributed by atoms with Crippen molar-refractivity contribution in [1.82, 2.24) is 0 Å². The van der Waals surface area contributed by atoms with Crippen LogP contribution in [0.4, 0.5) is 5.69 Å². The highest BCUT2D eigenvalue weighted by Crippen LogP contribution is 2.29. The molecule has 0 aliphatic rings. The van der Waals surface area contributed by atoms with Crippen molar-refractivity contribution in [3.63, 3.8) is 0 Å². The third-order valence-corrected chi connectivity index (χ3v) is 4.32. The molecule has 0 fully saturated rings. The van der Waals surface area contributed by atoms with Gasteiger partial charge in [-0.05, 0) is 54.6 Å². The van der Waals surface area contributed by atoms with Crippen LogP contribution in [0.15, 0.2) is 66.7 Å². The van der Waals surface area contributed by atoms with E-state index in [9.17, 15) is 9.59 Å². The molecule has 0 atom stereocenters. The number of halogens is 2. The molecule has 0 heterocycles. The highest BCUT2D eigenvalue weighted by Gasteiger charge is 2.12. The molecule has 29 heavy (non-hydrogen) atoms. The second-order valence-corrected chi connectivity index (χ2v) is 6.74. The fraction of sp³-hybridized carbons (Fsp3) is 0.0476. The molecule has 0 aliphatic heterocycles. The van der Waals surface area contributed by atoms with Gasteiger partial charge in [0, 0.05) is 10.7 Å². The maximum Gasteiger partial charge on any atom is 0.262 e. The van der Waals surface area contributed by atoms with Crippen molar-refractivity contribution in [2.45, 2.75) is 0 Å². The number of nitrogens with one attached hydrogen (secondary N) is 1. The van der Waals surface area contributed by atoms with Gasteiger partial charge < -0.3 is 20.5 Å². The lowest BCUT2D eigenvalue weighted by molar-refractivity contribution is -0.118. The number of hydrogen-bond donors (Lipinski definition) is 2. The molecule has 0 aliphatic carbocycles. The molecule has 3 aromatic rings. The zero-order chi connectivity index (χ0) is 20.8. The van der Waals surface area contributed by atoms with Crippen molar-refractivity contribution in [2.24, 2.45) is 5.73 Å². The third-order valence-electron chi connectivity index (χ3n) is 3.77. The van der Waals surface area contributed by atoms with Crippen LogP contribution in [0, 0.1) is 0 Å². The predicted octanol–water partition coefficient (Wildman–Crippen LogP) is 4.90. The number of hydrogen-bond acceptors (Lipinski definition) is 4. The molecular weight excluding hydrogens is 415 g/mol.